The van der Waals surface area contributed by atoms with Crippen molar-refractivity contribution in [1.29, 1.82) is 0 Å². The molecule has 2 aliphatic rings. The van der Waals surface area contributed by atoms with Crippen molar-refractivity contribution in [2.45, 2.75) is 18.9 Å². The Hall–Kier alpha value is -4.00. The third-order valence-electron chi connectivity index (χ3n) is 7.65. The van der Waals surface area contributed by atoms with Gasteiger partial charge in [-0.1, -0.05) is 11.8 Å². The van der Waals surface area contributed by atoms with Crippen molar-refractivity contribution in [2.75, 3.05) is 77.9 Å². The molecule has 2 aromatic carbocycles. The summed E-state index contributed by atoms with van der Waals surface area (Å²) in [5.41, 5.74) is 3.50. The highest BCUT2D eigenvalue weighted by Gasteiger charge is 2.27. The molecule has 0 radical (unpaired) electrons. The number of nitrogens with one attached hydrogen (secondary N) is 1. The summed E-state index contributed by atoms with van der Waals surface area (Å²) in [7, 11) is 7.17. The Labute approximate surface area is 237 Å². The molecule has 1 aromatic heterocycles. The molecule has 0 bridgehead atoms. The van der Waals surface area contributed by atoms with Crippen molar-refractivity contribution in [2.24, 2.45) is 0 Å². The maximum atomic E-state index is 5.78. The molecule has 40 heavy (non-hydrogen) atoms. The fraction of sp³-hybridized carbons (Fsp3) is 0.419. The van der Waals surface area contributed by atoms with Crippen LogP contribution in [0, 0.1) is 11.8 Å². The van der Waals surface area contributed by atoms with Gasteiger partial charge in [-0.25, -0.2) is 9.97 Å². The lowest BCUT2D eigenvalue weighted by Crippen LogP contribution is -2.52. The highest BCUT2D eigenvalue weighted by molar-refractivity contribution is 5.67. The number of hydrogen-bond donors (Lipinski definition) is 1. The summed E-state index contributed by atoms with van der Waals surface area (Å²) in [4.78, 5) is 16.4. The number of aromatic nitrogens is 2. The normalized spacial score (nSPS) is 16.6. The second-order valence-electron chi connectivity index (χ2n) is 10.2. The Kier molecular flexibility index (Phi) is 8.89. The molecular formula is C31H38N6O3. The first-order chi connectivity index (χ1) is 19.5. The number of methoxy groups -OCH3 is 3. The van der Waals surface area contributed by atoms with Crippen LogP contribution in [0.3, 0.4) is 0 Å². The minimum Gasteiger partial charge on any atom is -0.497 e. The number of piperidine rings is 1. The number of likely N-dealkylation sites (N-methyl/N-ethyl adjacent to an activating group) is 1. The zero-order valence-electron chi connectivity index (χ0n) is 23.8. The van der Waals surface area contributed by atoms with E-state index in [1.807, 2.05) is 24.3 Å². The summed E-state index contributed by atoms with van der Waals surface area (Å²) >= 11 is 0. The van der Waals surface area contributed by atoms with Crippen molar-refractivity contribution >= 4 is 17.3 Å². The van der Waals surface area contributed by atoms with Crippen LogP contribution in [-0.2, 0) is 0 Å². The second-order valence-corrected chi connectivity index (χ2v) is 10.2. The summed E-state index contributed by atoms with van der Waals surface area (Å²) in [6, 6.07) is 12.4. The van der Waals surface area contributed by atoms with Crippen molar-refractivity contribution in [1.82, 2.24) is 19.8 Å². The molecule has 2 fully saturated rings. The summed E-state index contributed by atoms with van der Waals surface area (Å²) in [5.74, 6) is 8.94. The summed E-state index contributed by atoms with van der Waals surface area (Å²) < 4.78 is 16.4. The number of benzene rings is 2. The predicted octanol–water partition coefficient (Wildman–Crippen LogP) is 3.86. The Bertz CT molecular complexity index is 1320. The lowest BCUT2D eigenvalue weighted by Gasteiger charge is -2.42. The highest BCUT2D eigenvalue weighted by atomic mass is 16.5. The largest absolute Gasteiger partial charge is 0.497 e. The summed E-state index contributed by atoms with van der Waals surface area (Å²) in [6.07, 6.45) is 5.77. The first-order valence-corrected chi connectivity index (χ1v) is 13.7. The number of piperazine rings is 1. The van der Waals surface area contributed by atoms with E-state index in [-0.39, 0.29) is 0 Å². The van der Waals surface area contributed by atoms with Crippen molar-refractivity contribution < 1.29 is 14.2 Å². The van der Waals surface area contributed by atoms with Crippen LogP contribution in [0.2, 0.25) is 0 Å². The van der Waals surface area contributed by atoms with Gasteiger partial charge in [0.15, 0.2) is 0 Å². The van der Waals surface area contributed by atoms with Crippen molar-refractivity contribution in [3.05, 3.63) is 59.9 Å². The topological polar surface area (TPSA) is 75.2 Å². The number of nitrogens with zero attached hydrogens (tertiary/aromatic N) is 5. The monoisotopic (exact) mass is 542 g/mol. The zero-order chi connectivity index (χ0) is 27.9. The van der Waals surface area contributed by atoms with Crippen LogP contribution in [0.1, 0.15) is 24.0 Å². The quantitative estimate of drug-likeness (QED) is 0.448. The average molecular weight is 543 g/mol. The number of rotatable bonds is 7. The maximum absolute atomic E-state index is 5.78. The molecule has 0 unspecified atom stereocenters. The number of ether oxygens (including phenoxy) is 3. The molecule has 1 N–H and O–H groups in total. The van der Waals surface area contributed by atoms with Crippen LogP contribution in [0.4, 0.5) is 17.3 Å². The smallest absolute Gasteiger partial charge is 0.227 e. The van der Waals surface area contributed by atoms with Crippen molar-refractivity contribution in [3.63, 3.8) is 0 Å². The van der Waals surface area contributed by atoms with Crippen LogP contribution in [-0.4, -0.2) is 93.5 Å². The Balaban J connectivity index is 1.20. The molecule has 2 aliphatic heterocycles. The van der Waals surface area contributed by atoms with Gasteiger partial charge in [0.1, 0.15) is 17.2 Å². The lowest BCUT2D eigenvalue weighted by atomic mass is 10.0. The van der Waals surface area contributed by atoms with E-state index >= 15 is 0 Å². The standard InChI is InChI=1S/C31H38N6O3/c1-35-13-15-36(16-14-35)26-9-11-37(12-10-26)29-8-7-25(19-30(29)40-4)34-31-32-21-24(22-33-31)6-5-23-17-27(38-2)20-28(18-23)39-3/h7-8,17-22,26H,9-16H2,1-4H3,(H,32,33,34). The van der Waals surface area contributed by atoms with E-state index in [4.69, 9.17) is 14.2 Å². The van der Waals surface area contributed by atoms with Crippen molar-refractivity contribution in [3.8, 4) is 29.1 Å². The van der Waals surface area contributed by atoms with Gasteiger partial charge in [-0.3, -0.25) is 4.90 Å². The highest BCUT2D eigenvalue weighted by Crippen LogP contribution is 2.34. The first kappa shape index (κ1) is 27.6. The van der Waals surface area contributed by atoms with Gasteiger partial charge in [0.25, 0.3) is 0 Å². The van der Waals surface area contributed by atoms with Gasteiger partial charge in [-0.05, 0) is 44.2 Å². The fourth-order valence-electron chi connectivity index (χ4n) is 5.29. The molecule has 3 aromatic rings. The van der Waals surface area contributed by atoms with E-state index in [2.05, 4.69) is 61.0 Å². The third kappa shape index (κ3) is 6.76. The maximum Gasteiger partial charge on any atom is 0.227 e. The van der Waals surface area contributed by atoms with Gasteiger partial charge >= 0.3 is 0 Å². The third-order valence-corrected chi connectivity index (χ3v) is 7.65. The number of anilines is 3. The van der Waals surface area contributed by atoms with Gasteiger partial charge in [0.2, 0.25) is 5.95 Å². The predicted molar refractivity (Wildman–Crippen MR) is 158 cm³/mol. The van der Waals surface area contributed by atoms with Crippen LogP contribution in [0.25, 0.3) is 0 Å². The SMILES string of the molecule is COc1cc(C#Cc2cnc(Nc3ccc(N4CCC(N5CCN(C)CC5)CC4)c(OC)c3)nc2)cc(OC)c1. The molecule has 0 aliphatic carbocycles. The second kappa shape index (κ2) is 12.9. The van der Waals surface area contributed by atoms with Gasteiger partial charge < -0.3 is 29.3 Å². The van der Waals surface area contributed by atoms with Crippen LogP contribution >= 0.6 is 0 Å². The van der Waals surface area contributed by atoms with E-state index < -0.39 is 0 Å². The average Bonchev–Trinajstić information content (AvgIpc) is 3.01. The van der Waals surface area contributed by atoms with Gasteiger partial charge in [-0.2, -0.15) is 0 Å². The molecular weight excluding hydrogens is 504 g/mol. The zero-order valence-corrected chi connectivity index (χ0v) is 23.8. The Morgan fingerprint density at radius 3 is 2.05 bits per heavy atom. The molecule has 0 atom stereocenters. The fourth-order valence-corrected chi connectivity index (χ4v) is 5.29. The molecule has 9 heteroatoms. The van der Waals surface area contributed by atoms with Crippen LogP contribution in [0.15, 0.2) is 48.8 Å². The molecule has 2 saturated heterocycles. The van der Waals surface area contributed by atoms with E-state index in [1.54, 1.807) is 33.7 Å². The Morgan fingerprint density at radius 1 is 0.775 bits per heavy atom. The molecule has 3 heterocycles. The molecule has 9 nitrogen and oxygen atoms in total. The molecule has 0 amide bonds. The molecule has 0 spiro atoms. The molecule has 0 saturated carbocycles. The van der Waals surface area contributed by atoms with Crippen LogP contribution < -0.4 is 24.4 Å². The molecule has 5 rings (SSSR count). The van der Waals surface area contributed by atoms with E-state index in [1.165, 1.54) is 39.0 Å². The lowest BCUT2D eigenvalue weighted by molar-refractivity contribution is 0.0981. The van der Waals surface area contributed by atoms with E-state index in [9.17, 15) is 0 Å². The molecule has 210 valence electrons. The van der Waals surface area contributed by atoms with E-state index in [0.29, 0.717) is 29.1 Å². The van der Waals surface area contributed by atoms with E-state index in [0.717, 1.165) is 35.8 Å². The number of hydrogen-bond acceptors (Lipinski definition) is 9. The summed E-state index contributed by atoms with van der Waals surface area (Å²) in [6.45, 7) is 6.77. The first-order valence-electron chi connectivity index (χ1n) is 13.7. The minimum absolute atomic E-state index is 0.497. The van der Waals surface area contributed by atoms with Gasteiger partial charge in [0.05, 0.1) is 32.6 Å². The minimum atomic E-state index is 0.497. The van der Waals surface area contributed by atoms with Gasteiger partial charge in [-0.15, -0.1) is 0 Å². The summed E-state index contributed by atoms with van der Waals surface area (Å²) in [5, 5.41) is 3.28. The van der Waals surface area contributed by atoms with Crippen LogP contribution in [0.5, 0.6) is 17.2 Å². The van der Waals surface area contributed by atoms with Gasteiger partial charge in [0, 0.05) is 81.1 Å². The Morgan fingerprint density at radius 2 is 1.43 bits per heavy atom.